The van der Waals surface area contributed by atoms with Gasteiger partial charge in [0.15, 0.2) is 5.78 Å². The van der Waals surface area contributed by atoms with Crippen LogP contribution in [0.5, 0.6) is 0 Å². The van der Waals surface area contributed by atoms with Crippen molar-refractivity contribution in [1.82, 2.24) is 9.47 Å². The SMILES string of the molecule is CCCCN(C)C[C@H](O)Cn1cc(/C=C/C(=O)c2cccs2)c2ccccc21. The third-order valence-electron chi connectivity index (χ3n) is 4.82. The van der Waals surface area contributed by atoms with Crippen molar-refractivity contribution >= 4 is 34.1 Å². The highest BCUT2D eigenvalue weighted by Gasteiger charge is 2.13. The number of carbonyl (C=O) groups is 1. The van der Waals surface area contributed by atoms with Gasteiger partial charge < -0.3 is 14.6 Å². The molecule has 0 aliphatic heterocycles. The average Bonchev–Trinajstić information content (AvgIpc) is 3.33. The van der Waals surface area contributed by atoms with Crippen LogP contribution in [0.3, 0.4) is 0 Å². The Morgan fingerprint density at radius 2 is 2.11 bits per heavy atom. The van der Waals surface area contributed by atoms with Crippen molar-refractivity contribution in [2.24, 2.45) is 0 Å². The second-order valence-electron chi connectivity index (χ2n) is 7.20. The fraction of sp³-hybridized carbons (Fsp3) is 0.348. The quantitative estimate of drug-likeness (QED) is 0.399. The molecule has 0 unspecified atom stereocenters. The first-order chi connectivity index (χ1) is 13.6. The Balaban J connectivity index is 1.76. The molecule has 0 amide bonds. The number of hydrogen-bond donors (Lipinski definition) is 1. The molecule has 148 valence electrons. The van der Waals surface area contributed by atoms with Crippen LogP contribution in [-0.2, 0) is 6.54 Å². The van der Waals surface area contributed by atoms with Crippen LogP contribution in [0.25, 0.3) is 17.0 Å². The van der Waals surface area contributed by atoms with E-state index in [9.17, 15) is 9.90 Å². The van der Waals surface area contributed by atoms with Crippen LogP contribution in [0.2, 0.25) is 0 Å². The molecule has 0 aliphatic carbocycles. The van der Waals surface area contributed by atoms with Crippen LogP contribution in [-0.4, -0.2) is 46.6 Å². The monoisotopic (exact) mass is 396 g/mol. The van der Waals surface area contributed by atoms with Crippen LogP contribution in [0, 0.1) is 0 Å². The third-order valence-corrected chi connectivity index (χ3v) is 5.71. The lowest BCUT2D eigenvalue weighted by molar-refractivity contribution is 0.105. The summed E-state index contributed by atoms with van der Waals surface area (Å²) in [7, 11) is 2.05. The summed E-state index contributed by atoms with van der Waals surface area (Å²) in [6.07, 6.45) is 7.39. The van der Waals surface area contributed by atoms with Crippen LogP contribution in [0.1, 0.15) is 35.0 Å². The Morgan fingerprint density at radius 3 is 2.86 bits per heavy atom. The number of benzene rings is 1. The highest BCUT2D eigenvalue weighted by Crippen LogP contribution is 2.23. The third kappa shape index (κ3) is 5.19. The van der Waals surface area contributed by atoms with E-state index in [1.807, 2.05) is 41.9 Å². The summed E-state index contributed by atoms with van der Waals surface area (Å²) >= 11 is 1.45. The molecule has 2 heterocycles. The maximum atomic E-state index is 12.3. The van der Waals surface area contributed by atoms with E-state index in [4.69, 9.17) is 0 Å². The van der Waals surface area contributed by atoms with Gasteiger partial charge in [0.25, 0.3) is 0 Å². The molecule has 1 aromatic carbocycles. The molecule has 0 spiro atoms. The minimum atomic E-state index is -0.442. The second kappa shape index (κ2) is 9.82. The second-order valence-corrected chi connectivity index (χ2v) is 8.15. The first-order valence-electron chi connectivity index (χ1n) is 9.79. The fourth-order valence-corrected chi connectivity index (χ4v) is 4.03. The topological polar surface area (TPSA) is 45.5 Å². The van der Waals surface area contributed by atoms with E-state index in [-0.39, 0.29) is 5.78 Å². The van der Waals surface area contributed by atoms with Crippen molar-refractivity contribution in [3.8, 4) is 0 Å². The number of rotatable bonds is 10. The van der Waals surface area contributed by atoms with Gasteiger partial charge in [-0.1, -0.05) is 37.6 Å². The lowest BCUT2D eigenvalue weighted by Crippen LogP contribution is -2.32. The van der Waals surface area contributed by atoms with Gasteiger partial charge in [0.1, 0.15) is 0 Å². The lowest BCUT2D eigenvalue weighted by atomic mass is 10.1. The number of unbranched alkanes of at least 4 members (excludes halogenated alkanes) is 1. The zero-order valence-electron chi connectivity index (χ0n) is 16.5. The summed E-state index contributed by atoms with van der Waals surface area (Å²) in [5.41, 5.74) is 2.06. The number of carbonyl (C=O) groups excluding carboxylic acids is 1. The molecule has 2 aromatic heterocycles. The molecule has 1 atom stereocenters. The van der Waals surface area contributed by atoms with Gasteiger partial charge in [-0.05, 0) is 49.7 Å². The first kappa shape index (κ1) is 20.5. The van der Waals surface area contributed by atoms with Crippen molar-refractivity contribution in [3.63, 3.8) is 0 Å². The normalized spacial score (nSPS) is 13.0. The van der Waals surface area contributed by atoms with Crippen molar-refractivity contribution in [2.45, 2.75) is 32.4 Å². The van der Waals surface area contributed by atoms with Gasteiger partial charge in [0.2, 0.25) is 0 Å². The van der Waals surface area contributed by atoms with Crippen molar-refractivity contribution in [2.75, 3.05) is 20.1 Å². The molecule has 4 nitrogen and oxygen atoms in total. The molecule has 0 radical (unpaired) electrons. The standard InChI is InChI=1S/C23H28N2O2S/c1-3-4-13-24(2)16-19(26)17-25-15-18(20-8-5-6-9-21(20)25)11-12-22(27)23-10-7-14-28-23/h5-12,14-15,19,26H,3-4,13,16-17H2,1-2H3/b12-11+/t19-/m0/s1. The summed E-state index contributed by atoms with van der Waals surface area (Å²) in [5.74, 6) is 0.0180. The molecule has 28 heavy (non-hydrogen) atoms. The molecule has 1 N–H and O–H groups in total. The van der Waals surface area contributed by atoms with Gasteiger partial charge in [-0.3, -0.25) is 4.79 Å². The molecular weight excluding hydrogens is 368 g/mol. The number of allylic oxidation sites excluding steroid dienone is 1. The van der Waals surface area contributed by atoms with Gasteiger partial charge in [-0.25, -0.2) is 0 Å². The van der Waals surface area contributed by atoms with Crippen LogP contribution >= 0.6 is 11.3 Å². The maximum absolute atomic E-state index is 12.3. The zero-order valence-corrected chi connectivity index (χ0v) is 17.4. The zero-order chi connectivity index (χ0) is 19.9. The van der Waals surface area contributed by atoms with E-state index in [0.717, 1.165) is 40.7 Å². The molecule has 0 bridgehead atoms. The number of hydrogen-bond acceptors (Lipinski definition) is 4. The Morgan fingerprint density at radius 1 is 1.29 bits per heavy atom. The Hall–Kier alpha value is -2.21. The highest BCUT2D eigenvalue weighted by molar-refractivity contribution is 7.12. The van der Waals surface area contributed by atoms with E-state index in [0.29, 0.717) is 13.1 Å². The Bertz CT molecular complexity index is 927. The van der Waals surface area contributed by atoms with Crippen LogP contribution < -0.4 is 0 Å². The summed E-state index contributed by atoms with van der Waals surface area (Å²) < 4.78 is 2.09. The van der Waals surface area contributed by atoms with E-state index in [1.165, 1.54) is 11.3 Å². The number of aliphatic hydroxyl groups is 1. The molecule has 3 rings (SSSR count). The van der Waals surface area contributed by atoms with Crippen molar-refractivity contribution < 1.29 is 9.90 Å². The van der Waals surface area contributed by atoms with Crippen molar-refractivity contribution in [1.29, 1.82) is 0 Å². The Labute approximate surface area is 170 Å². The number of fused-ring (bicyclic) bond motifs is 1. The number of likely N-dealkylation sites (N-methyl/N-ethyl adjacent to an activating group) is 1. The summed E-state index contributed by atoms with van der Waals surface area (Å²) in [4.78, 5) is 15.2. The molecule has 5 heteroatoms. The van der Waals surface area contributed by atoms with E-state index in [1.54, 1.807) is 6.08 Å². The maximum Gasteiger partial charge on any atom is 0.195 e. The predicted octanol–water partition coefficient (Wildman–Crippen LogP) is 4.69. The average molecular weight is 397 g/mol. The number of para-hydroxylation sites is 1. The molecule has 0 saturated carbocycles. The smallest absolute Gasteiger partial charge is 0.195 e. The van der Waals surface area contributed by atoms with Gasteiger partial charge in [0.05, 0.1) is 11.0 Å². The summed E-state index contributed by atoms with van der Waals surface area (Å²) in [6, 6.07) is 11.8. The molecule has 0 aliphatic rings. The van der Waals surface area contributed by atoms with Gasteiger partial charge >= 0.3 is 0 Å². The Kier molecular flexibility index (Phi) is 7.20. The minimum Gasteiger partial charge on any atom is -0.390 e. The van der Waals surface area contributed by atoms with Crippen LogP contribution in [0.4, 0.5) is 0 Å². The van der Waals surface area contributed by atoms with E-state index < -0.39 is 6.10 Å². The highest BCUT2D eigenvalue weighted by atomic mass is 32.1. The molecule has 0 saturated heterocycles. The number of aromatic nitrogens is 1. The molecule has 3 aromatic rings. The van der Waals surface area contributed by atoms with E-state index in [2.05, 4.69) is 35.6 Å². The van der Waals surface area contributed by atoms with Crippen LogP contribution in [0.15, 0.2) is 54.1 Å². The molecule has 0 fully saturated rings. The van der Waals surface area contributed by atoms with Crippen molar-refractivity contribution in [3.05, 3.63) is 64.5 Å². The van der Waals surface area contributed by atoms with Gasteiger partial charge in [0, 0.05) is 35.8 Å². The lowest BCUT2D eigenvalue weighted by Gasteiger charge is -2.21. The minimum absolute atomic E-state index is 0.0180. The van der Waals surface area contributed by atoms with Gasteiger partial charge in [-0.15, -0.1) is 11.3 Å². The first-order valence-corrected chi connectivity index (χ1v) is 10.7. The number of aliphatic hydroxyl groups excluding tert-OH is 1. The number of ketones is 1. The number of nitrogens with zero attached hydrogens (tertiary/aromatic N) is 2. The summed E-state index contributed by atoms with van der Waals surface area (Å²) in [5, 5.41) is 13.5. The fourth-order valence-electron chi connectivity index (χ4n) is 3.39. The number of thiophene rings is 1. The predicted molar refractivity (Wildman–Crippen MR) is 118 cm³/mol. The largest absolute Gasteiger partial charge is 0.390 e. The van der Waals surface area contributed by atoms with E-state index >= 15 is 0 Å². The van der Waals surface area contributed by atoms with Gasteiger partial charge in [-0.2, -0.15) is 0 Å². The summed E-state index contributed by atoms with van der Waals surface area (Å²) in [6.45, 7) is 4.35. The molecular formula is C23H28N2O2S.